The van der Waals surface area contributed by atoms with Crippen LogP contribution < -0.4 is 0 Å². The molecular formula is C9H15NO2. The molecule has 0 saturated heterocycles. The van der Waals surface area contributed by atoms with Gasteiger partial charge in [-0.3, -0.25) is 4.79 Å². The quantitative estimate of drug-likeness (QED) is 0.685. The summed E-state index contributed by atoms with van der Waals surface area (Å²) in [5.41, 5.74) is 0. The van der Waals surface area contributed by atoms with E-state index >= 15 is 0 Å². The maximum atomic E-state index is 10.3. The Bertz CT molecular complexity index is 183. The second-order valence-corrected chi connectivity index (χ2v) is 3.17. The number of nitriles is 1. The van der Waals surface area contributed by atoms with E-state index in [1.54, 1.807) is 0 Å². The second kappa shape index (κ2) is 5.59. The van der Waals surface area contributed by atoms with Crippen molar-refractivity contribution in [2.45, 2.75) is 33.1 Å². The van der Waals surface area contributed by atoms with Gasteiger partial charge >= 0.3 is 5.97 Å². The number of aliphatic carboxylic acids is 1. The maximum absolute atomic E-state index is 10.3. The second-order valence-electron chi connectivity index (χ2n) is 3.17. The van der Waals surface area contributed by atoms with Crippen LogP contribution in [-0.2, 0) is 4.79 Å². The Balaban J connectivity index is 3.85. The minimum atomic E-state index is -0.884. The summed E-state index contributed by atoms with van der Waals surface area (Å²) < 4.78 is 0. The zero-order valence-electron chi connectivity index (χ0n) is 7.58. The summed E-state index contributed by atoms with van der Waals surface area (Å²) in [5, 5.41) is 17.1. The Morgan fingerprint density at radius 3 is 2.58 bits per heavy atom. The predicted octanol–water partition coefficient (Wildman–Crippen LogP) is 2.04. The maximum Gasteiger partial charge on any atom is 0.304 e. The van der Waals surface area contributed by atoms with Crippen molar-refractivity contribution in [3.05, 3.63) is 0 Å². The minimum Gasteiger partial charge on any atom is -0.481 e. The molecule has 3 heteroatoms. The van der Waals surface area contributed by atoms with Gasteiger partial charge in [0.05, 0.1) is 18.4 Å². The lowest BCUT2D eigenvalue weighted by Crippen LogP contribution is -2.09. The van der Waals surface area contributed by atoms with Gasteiger partial charge in [0, 0.05) is 0 Å². The number of carboxylic acid groups (broad SMARTS) is 1. The molecule has 0 aromatic carbocycles. The molecule has 0 aliphatic heterocycles. The summed E-state index contributed by atoms with van der Waals surface area (Å²) in [6, 6.07) is 2.02. The molecule has 1 N–H and O–H groups in total. The summed E-state index contributed by atoms with van der Waals surface area (Å²) >= 11 is 0. The molecule has 0 bridgehead atoms. The van der Waals surface area contributed by atoms with Crippen molar-refractivity contribution in [3.63, 3.8) is 0 Å². The lowest BCUT2D eigenvalue weighted by Gasteiger charge is -2.10. The molecule has 0 amide bonds. The Labute approximate surface area is 73.0 Å². The summed E-state index contributed by atoms with van der Waals surface area (Å²) in [6.07, 6.45) is 1.66. The Morgan fingerprint density at radius 2 is 2.25 bits per heavy atom. The standard InChI is InChI=1S/C9H15NO2/c1-3-7(2)4-8(6-10)5-9(11)12/h7-8H,3-5H2,1-2H3,(H,11,12)/t7-,8+/m1/s1. The highest BCUT2D eigenvalue weighted by molar-refractivity contribution is 5.67. The smallest absolute Gasteiger partial charge is 0.304 e. The van der Waals surface area contributed by atoms with Crippen LogP contribution >= 0.6 is 0 Å². The average molecular weight is 169 g/mol. The third-order valence-electron chi connectivity index (χ3n) is 1.99. The third-order valence-corrected chi connectivity index (χ3v) is 1.99. The summed E-state index contributed by atoms with van der Waals surface area (Å²) in [7, 11) is 0. The van der Waals surface area contributed by atoms with Gasteiger partial charge in [0.2, 0.25) is 0 Å². The predicted molar refractivity (Wildman–Crippen MR) is 45.4 cm³/mol. The average Bonchev–Trinajstić information content (AvgIpc) is 2.02. The summed E-state index contributed by atoms with van der Waals surface area (Å²) in [4.78, 5) is 10.3. The van der Waals surface area contributed by atoms with Gasteiger partial charge in [0.25, 0.3) is 0 Å². The van der Waals surface area contributed by atoms with Crippen molar-refractivity contribution < 1.29 is 9.90 Å². The highest BCUT2D eigenvalue weighted by Gasteiger charge is 2.14. The lowest BCUT2D eigenvalue weighted by atomic mass is 9.93. The number of hydrogen-bond acceptors (Lipinski definition) is 2. The van der Waals surface area contributed by atoms with E-state index in [1.165, 1.54) is 0 Å². The van der Waals surface area contributed by atoms with Crippen molar-refractivity contribution in [2.24, 2.45) is 11.8 Å². The van der Waals surface area contributed by atoms with Gasteiger partial charge in [0.15, 0.2) is 0 Å². The van der Waals surface area contributed by atoms with Crippen molar-refractivity contribution in [1.82, 2.24) is 0 Å². The van der Waals surface area contributed by atoms with Gasteiger partial charge in [-0.2, -0.15) is 5.26 Å². The van der Waals surface area contributed by atoms with Crippen LogP contribution in [0.25, 0.3) is 0 Å². The van der Waals surface area contributed by atoms with Crippen molar-refractivity contribution in [3.8, 4) is 6.07 Å². The number of rotatable bonds is 5. The normalized spacial score (nSPS) is 14.8. The molecule has 68 valence electrons. The molecule has 0 rings (SSSR count). The molecule has 0 aliphatic carbocycles. The molecule has 2 atom stereocenters. The summed E-state index contributed by atoms with van der Waals surface area (Å²) in [6.45, 7) is 4.08. The zero-order chi connectivity index (χ0) is 9.56. The first-order valence-electron chi connectivity index (χ1n) is 4.21. The van der Waals surface area contributed by atoms with E-state index in [4.69, 9.17) is 10.4 Å². The summed E-state index contributed by atoms with van der Waals surface area (Å²) in [5.74, 6) is -0.767. The Morgan fingerprint density at radius 1 is 1.67 bits per heavy atom. The van der Waals surface area contributed by atoms with Crippen LogP contribution in [0.3, 0.4) is 0 Å². The van der Waals surface area contributed by atoms with Crippen LogP contribution in [0, 0.1) is 23.2 Å². The number of carbonyl (C=O) groups is 1. The molecular weight excluding hydrogens is 154 g/mol. The Hall–Kier alpha value is -1.04. The molecule has 0 spiro atoms. The molecule has 12 heavy (non-hydrogen) atoms. The van der Waals surface area contributed by atoms with E-state index in [2.05, 4.69) is 0 Å². The fraction of sp³-hybridized carbons (Fsp3) is 0.778. The van der Waals surface area contributed by atoms with Gasteiger partial charge in [-0.05, 0) is 12.3 Å². The van der Waals surface area contributed by atoms with Crippen molar-refractivity contribution in [2.75, 3.05) is 0 Å². The first-order chi connectivity index (χ1) is 5.60. The Kier molecular flexibility index (Phi) is 5.11. The molecule has 0 aromatic rings. The largest absolute Gasteiger partial charge is 0.481 e. The van der Waals surface area contributed by atoms with Gasteiger partial charge in [-0.25, -0.2) is 0 Å². The molecule has 0 aromatic heterocycles. The van der Waals surface area contributed by atoms with E-state index in [9.17, 15) is 4.79 Å². The molecule has 3 nitrogen and oxygen atoms in total. The first-order valence-corrected chi connectivity index (χ1v) is 4.21. The van der Waals surface area contributed by atoms with Gasteiger partial charge < -0.3 is 5.11 Å². The lowest BCUT2D eigenvalue weighted by molar-refractivity contribution is -0.137. The van der Waals surface area contributed by atoms with Crippen molar-refractivity contribution in [1.29, 1.82) is 5.26 Å². The molecule has 0 aliphatic rings. The van der Waals surface area contributed by atoms with Crippen LogP contribution in [0.15, 0.2) is 0 Å². The first kappa shape index (κ1) is 11.0. The minimum absolute atomic E-state index is 0.0269. The van der Waals surface area contributed by atoms with Gasteiger partial charge in [-0.1, -0.05) is 20.3 Å². The zero-order valence-corrected chi connectivity index (χ0v) is 7.58. The van der Waals surface area contributed by atoms with Crippen LogP contribution in [0.1, 0.15) is 33.1 Å². The molecule has 0 unspecified atom stereocenters. The fourth-order valence-corrected chi connectivity index (χ4v) is 1.04. The number of carboxylic acids is 1. The molecule has 0 heterocycles. The monoisotopic (exact) mass is 169 g/mol. The topological polar surface area (TPSA) is 61.1 Å². The highest BCUT2D eigenvalue weighted by atomic mass is 16.4. The van der Waals surface area contributed by atoms with E-state index < -0.39 is 5.97 Å². The van der Waals surface area contributed by atoms with Gasteiger partial charge in [0.1, 0.15) is 0 Å². The van der Waals surface area contributed by atoms with E-state index in [0.717, 1.165) is 6.42 Å². The van der Waals surface area contributed by atoms with E-state index in [0.29, 0.717) is 12.3 Å². The highest BCUT2D eigenvalue weighted by Crippen LogP contribution is 2.17. The van der Waals surface area contributed by atoms with E-state index in [-0.39, 0.29) is 12.3 Å². The number of hydrogen-bond donors (Lipinski definition) is 1. The molecule has 0 fully saturated rings. The fourth-order valence-electron chi connectivity index (χ4n) is 1.04. The van der Waals surface area contributed by atoms with Crippen LogP contribution in [-0.4, -0.2) is 11.1 Å². The van der Waals surface area contributed by atoms with Crippen molar-refractivity contribution >= 4 is 5.97 Å². The SMILES string of the molecule is CC[C@@H](C)C[C@H](C#N)CC(=O)O. The van der Waals surface area contributed by atoms with Crippen LogP contribution in [0.2, 0.25) is 0 Å². The van der Waals surface area contributed by atoms with Crippen LogP contribution in [0.4, 0.5) is 0 Å². The molecule has 0 saturated carbocycles. The van der Waals surface area contributed by atoms with E-state index in [1.807, 2.05) is 19.9 Å². The molecule has 0 radical (unpaired) electrons. The van der Waals surface area contributed by atoms with Gasteiger partial charge in [-0.15, -0.1) is 0 Å². The number of nitrogens with zero attached hydrogens (tertiary/aromatic N) is 1. The van der Waals surface area contributed by atoms with Crippen LogP contribution in [0.5, 0.6) is 0 Å². The third kappa shape index (κ3) is 4.73.